The molecule has 20 heavy (non-hydrogen) atoms. The lowest BCUT2D eigenvalue weighted by Gasteiger charge is -1.95. The molecule has 0 aliphatic carbocycles. The van der Waals surface area contributed by atoms with E-state index in [9.17, 15) is 0 Å². The van der Waals surface area contributed by atoms with Gasteiger partial charge in [0, 0.05) is 22.7 Å². The standard InChI is InChI=1S/C16H12N2O2/c19-9-10-1-4-15-14(7-10)18-16(20-15)12-2-3-13-11(8-12)5-6-17-13/h1-8,17,19H,9H2. The number of H-pyrrole nitrogens is 1. The molecule has 0 saturated carbocycles. The number of oxazole rings is 1. The lowest BCUT2D eigenvalue weighted by Crippen LogP contribution is -1.81. The van der Waals surface area contributed by atoms with Crippen LogP contribution in [-0.4, -0.2) is 15.1 Å². The van der Waals surface area contributed by atoms with Crippen LogP contribution in [0.15, 0.2) is 53.1 Å². The fourth-order valence-electron chi connectivity index (χ4n) is 2.38. The van der Waals surface area contributed by atoms with E-state index in [-0.39, 0.29) is 6.61 Å². The van der Waals surface area contributed by atoms with Crippen LogP contribution in [0.2, 0.25) is 0 Å². The summed E-state index contributed by atoms with van der Waals surface area (Å²) in [6.45, 7) is 0.00738. The number of aromatic nitrogens is 2. The number of fused-ring (bicyclic) bond motifs is 2. The van der Waals surface area contributed by atoms with Crippen LogP contribution in [0.5, 0.6) is 0 Å². The maximum Gasteiger partial charge on any atom is 0.227 e. The van der Waals surface area contributed by atoms with Crippen LogP contribution in [0.25, 0.3) is 33.5 Å². The van der Waals surface area contributed by atoms with Gasteiger partial charge in [0.1, 0.15) is 5.52 Å². The van der Waals surface area contributed by atoms with Crippen molar-refractivity contribution in [3.63, 3.8) is 0 Å². The molecule has 0 aliphatic rings. The van der Waals surface area contributed by atoms with Gasteiger partial charge in [0.15, 0.2) is 5.58 Å². The first kappa shape index (κ1) is 11.3. The SMILES string of the molecule is OCc1ccc2oc(-c3ccc4[nH]ccc4c3)nc2c1. The fraction of sp³-hybridized carbons (Fsp3) is 0.0625. The molecule has 4 nitrogen and oxygen atoms in total. The number of aliphatic hydroxyl groups is 1. The molecule has 0 radical (unpaired) electrons. The number of aliphatic hydroxyl groups excluding tert-OH is 1. The number of hydrogen-bond acceptors (Lipinski definition) is 3. The van der Waals surface area contributed by atoms with Crippen LogP contribution in [-0.2, 0) is 6.61 Å². The van der Waals surface area contributed by atoms with Crippen LogP contribution in [0.1, 0.15) is 5.56 Å². The lowest BCUT2D eigenvalue weighted by atomic mass is 10.1. The summed E-state index contributed by atoms with van der Waals surface area (Å²) >= 11 is 0. The topological polar surface area (TPSA) is 62.1 Å². The largest absolute Gasteiger partial charge is 0.436 e. The summed E-state index contributed by atoms with van der Waals surface area (Å²) in [5.41, 5.74) is 4.36. The Labute approximate surface area is 114 Å². The highest BCUT2D eigenvalue weighted by molar-refractivity contribution is 5.85. The van der Waals surface area contributed by atoms with Crippen LogP contribution >= 0.6 is 0 Å². The Morgan fingerprint density at radius 3 is 2.95 bits per heavy atom. The molecule has 2 aromatic carbocycles. The minimum atomic E-state index is 0.00738. The molecule has 98 valence electrons. The van der Waals surface area contributed by atoms with Crippen molar-refractivity contribution in [3.8, 4) is 11.5 Å². The maximum absolute atomic E-state index is 9.15. The summed E-state index contributed by atoms with van der Waals surface area (Å²) in [4.78, 5) is 7.66. The summed E-state index contributed by atoms with van der Waals surface area (Å²) in [5, 5.41) is 10.3. The average Bonchev–Trinajstić information content (AvgIpc) is 3.11. The minimum absolute atomic E-state index is 0.00738. The van der Waals surface area contributed by atoms with Crippen molar-refractivity contribution in [2.45, 2.75) is 6.61 Å². The molecule has 0 bridgehead atoms. The third-order valence-electron chi connectivity index (χ3n) is 3.43. The molecule has 4 rings (SSSR count). The van der Waals surface area contributed by atoms with Crippen LogP contribution in [0.3, 0.4) is 0 Å². The van der Waals surface area contributed by atoms with Crippen molar-refractivity contribution in [2.24, 2.45) is 0 Å². The molecule has 0 saturated heterocycles. The van der Waals surface area contributed by atoms with Crippen molar-refractivity contribution in [1.29, 1.82) is 0 Å². The molecular weight excluding hydrogens is 252 g/mol. The van der Waals surface area contributed by atoms with Gasteiger partial charge in [-0.05, 0) is 42.0 Å². The Morgan fingerprint density at radius 2 is 2.05 bits per heavy atom. The Morgan fingerprint density at radius 1 is 1.10 bits per heavy atom. The zero-order valence-electron chi connectivity index (χ0n) is 10.6. The molecule has 0 fully saturated rings. The quantitative estimate of drug-likeness (QED) is 0.582. The van der Waals surface area contributed by atoms with E-state index in [2.05, 4.69) is 9.97 Å². The van der Waals surface area contributed by atoms with Crippen molar-refractivity contribution in [1.82, 2.24) is 9.97 Å². The van der Waals surface area contributed by atoms with Gasteiger partial charge in [-0.1, -0.05) is 6.07 Å². The Kier molecular flexibility index (Phi) is 2.37. The monoisotopic (exact) mass is 264 g/mol. The first-order chi connectivity index (χ1) is 9.83. The predicted octanol–water partition coefficient (Wildman–Crippen LogP) is 3.47. The van der Waals surface area contributed by atoms with E-state index >= 15 is 0 Å². The van der Waals surface area contributed by atoms with Crippen LogP contribution < -0.4 is 0 Å². The number of benzene rings is 2. The molecule has 0 atom stereocenters. The molecule has 4 aromatic rings. The second-order valence-electron chi connectivity index (χ2n) is 4.76. The molecule has 0 amide bonds. The number of rotatable bonds is 2. The highest BCUT2D eigenvalue weighted by Gasteiger charge is 2.09. The van der Waals surface area contributed by atoms with Crippen molar-refractivity contribution in [3.05, 3.63) is 54.2 Å². The van der Waals surface area contributed by atoms with Crippen molar-refractivity contribution < 1.29 is 9.52 Å². The Balaban J connectivity index is 1.87. The lowest BCUT2D eigenvalue weighted by molar-refractivity contribution is 0.282. The van der Waals surface area contributed by atoms with E-state index in [4.69, 9.17) is 9.52 Å². The Bertz CT molecular complexity index is 905. The smallest absolute Gasteiger partial charge is 0.227 e. The van der Waals surface area contributed by atoms with Gasteiger partial charge >= 0.3 is 0 Å². The minimum Gasteiger partial charge on any atom is -0.436 e. The first-order valence-electron chi connectivity index (χ1n) is 6.41. The second kappa shape index (κ2) is 4.21. The van der Waals surface area contributed by atoms with Gasteiger partial charge in [0.2, 0.25) is 5.89 Å². The van der Waals surface area contributed by atoms with E-state index in [1.165, 1.54) is 0 Å². The molecular formula is C16H12N2O2. The molecule has 0 unspecified atom stereocenters. The van der Waals surface area contributed by atoms with Gasteiger partial charge in [0.25, 0.3) is 0 Å². The highest BCUT2D eigenvalue weighted by atomic mass is 16.3. The summed E-state index contributed by atoms with van der Waals surface area (Å²) in [6.07, 6.45) is 1.91. The van der Waals surface area contributed by atoms with Gasteiger partial charge in [-0.25, -0.2) is 4.98 Å². The van der Waals surface area contributed by atoms with Gasteiger partial charge in [-0.2, -0.15) is 0 Å². The number of aromatic amines is 1. The van der Waals surface area contributed by atoms with Gasteiger partial charge in [-0.3, -0.25) is 0 Å². The van der Waals surface area contributed by atoms with E-state index in [1.54, 1.807) is 0 Å². The van der Waals surface area contributed by atoms with E-state index in [0.29, 0.717) is 5.89 Å². The molecule has 2 heterocycles. The van der Waals surface area contributed by atoms with Crippen molar-refractivity contribution in [2.75, 3.05) is 0 Å². The van der Waals surface area contributed by atoms with Gasteiger partial charge < -0.3 is 14.5 Å². The molecule has 2 N–H and O–H groups in total. The number of hydrogen-bond donors (Lipinski definition) is 2. The Hall–Kier alpha value is -2.59. The van der Waals surface area contributed by atoms with Crippen LogP contribution in [0, 0.1) is 0 Å². The number of nitrogens with zero attached hydrogens (tertiary/aromatic N) is 1. The average molecular weight is 264 g/mol. The second-order valence-corrected chi connectivity index (χ2v) is 4.76. The third-order valence-corrected chi connectivity index (χ3v) is 3.43. The highest BCUT2D eigenvalue weighted by Crippen LogP contribution is 2.27. The fourth-order valence-corrected chi connectivity index (χ4v) is 2.38. The number of nitrogens with one attached hydrogen (secondary N) is 1. The van der Waals surface area contributed by atoms with E-state index in [0.717, 1.165) is 33.1 Å². The van der Waals surface area contributed by atoms with Gasteiger partial charge in [-0.15, -0.1) is 0 Å². The zero-order valence-corrected chi connectivity index (χ0v) is 10.6. The molecule has 0 aliphatic heterocycles. The normalized spacial score (nSPS) is 11.4. The van der Waals surface area contributed by atoms with Crippen LogP contribution in [0.4, 0.5) is 0 Å². The molecule has 0 spiro atoms. The predicted molar refractivity (Wildman–Crippen MR) is 77.2 cm³/mol. The zero-order chi connectivity index (χ0) is 13.5. The first-order valence-corrected chi connectivity index (χ1v) is 6.41. The summed E-state index contributed by atoms with van der Waals surface area (Å²) < 4.78 is 5.78. The van der Waals surface area contributed by atoms with Gasteiger partial charge in [0.05, 0.1) is 6.61 Å². The molecule has 4 heteroatoms. The summed E-state index contributed by atoms with van der Waals surface area (Å²) in [6, 6.07) is 13.6. The summed E-state index contributed by atoms with van der Waals surface area (Å²) in [5.74, 6) is 0.596. The summed E-state index contributed by atoms with van der Waals surface area (Å²) in [7, 11) is 0. The molecule has 2 aromatic heterocycles. The third kappa shape index (κ3) is 1.70. The van der Waals surface area contributed by atoms with E-state index < -0.39 is 0 Å². The van der Waals surface area contributed by atoms with E-state index in [1.807, 2.05) is 48.7 Å². The maximum atomic E-state index is 9.15. The van der Waals surface area contributed by atoms with Crippen molar-refractivity contribution >= 4 is 22.0 Å².